The molecule has 2 aromatic rings. The van der Waals surface area contributed by atoms with Gasteiger partial charge in [-0.15, -0.1) is 0 Å². The minimum absolute atomic E-state index is 0.210. The van der Waals surface area contributed by atoms with Crippen LogP contribution in [0.5, 0.6) is 0 Å². The van der Waals surface area contributed by atoms with Crippen molar-refractivity contribution in [1.82, 2.24) is 4.57 Å². The quantitative estimate of drug-likeness (QED) is 0.777. The van der Waals surface area contributed by atoms with Crippen LogP contribution in [0.3, 0.4) is 0 Å². The third-order valence-electron chi connectivity index (χ3n) is 3.22. The van der Waals surface area contributed by atoms with Gasteiger partial charge in [0, 0.05) is 30.9 Å². The second-order valence-corrected chi connectivity index (χ2v) is 5.20. The normalized spacial score (nSPS) is 13.0. The highest BCUT2D eigenvalue weighted by atomic mass is 16.5. The summed E-state index contributed by atoms with van der Waals surface area (Å²) in [5.74, 6) is 0. The van der Waals surface area contributed by atoms with Crippen molar-refractivity contribution in [2.75, 3.05) is 13.2 Å². The summed E-state index contributed by atoms with van der Waals surface area (Å²) in [6.45, 7) is 6.71. The number of hydrogen-bond donors (Lipinski definition) is 1. The second-order valence-electron chi connectivity index (χ2n) is 5.20. The Morgan fingerprint density at radius 3 is 2.84 bits per heavy atom. The van der Waals surface area contributed by atoms with E-state index in [0.29, 0.717) is 0 Å². The van der Waals surface area contributed by atoms with Gasteiger partial charge in [0.25, 0.3) is 0 Å². The molecule has 104 valence electrons. The number of ether oxygens (including phenoxy) is 1. The third-order valence-corrected chi connectivity index (χ3v) is 3.22. The maximum absolute atomic E-state index is 5.85. The fourth-order valence-electron chi connectivity index (χ4n) is 2.35. The van der Waals surface area contributed by atoms with Crippen LogP contribution in [-0.2, 0) is 17.7 Å². The van der Waals surface area contributed by atoms with Crippen molar-refractivity contribution in [2.45, 2.75) is 39.3 Å². The molecule has 3 heteroatoms. The van der Waals surface area contributed by atoms with Gasteiger partial charge in [-0.05, 0) is 48.9 Å². The van der Waals surface area contributed by atoms with Gasteiger partial charge in [-0.2, -0.15) is 0 Å². The molecule has 1 heterocycles. The Bertz CT molecular complexity index is 516. The maximum Gasteiger partial charge on any atom is 0.0645 e. The first-order valence-electron chi connectivity index (χ1n) is 7.12. The van der Waals surface area contributed by atoms with Crippen LogP contribution in [-0.4, -0.2) is 23.8 Å². The molecule has 0 aliphatic rings. The molecule has 0 saturated carbocycles. The van der Waals surface area contributed by atoms with Crippen molar-refractivity contribution in [3.63, 3.8) is 0 Å². The molecule has 1 aromatic heterocycles. The summed E-state index contributed by atoms with van der Waals surface area (Å²) in [6, 6.07) is 8.98. The van der Waals surface area contributed by atoms with Crippen LogP contribution in [0.2, 0.25) is 0 Å². The minimum atomic E-state index is 0.210. The lowest BCUT2D eigenvalue weighted by molar-refractivity contribution is 0.127. The van der Waals surface area contributed by atoms with E-state index in [-0.39, 0.29) is 6.04 Å². The Hall–Kier alpha value is -1.32. The number of nitrogens with zero attached hydrogens (tertiary/aromatic N) is 1. The molecule has 0 aliphatic heterocycles. The van der Waals surface area contributed by atoms with Crippen LogP contribution in [0.25, 0.3) is 10.9 Å². The molecule has 0 saturated heterocycles. The molecule has 19 heavy (non-hydrogen) atoms. The van der Waals surface area contributed by atoms with Crippen LogP contribution in [0.4, 0.5) is 0 Å². The Morgan fingerprint density at radius 1 is 1.26 bits per heavy atom. The Morgan fingerprint density at radius 2 is 2.11 bits per heavy atom. The van der Waals surface area contributed by atoms with Crippen molar-refractivity contribution in [3.05, 3.63) is 36.0 Å². The molecule has 2 N–H and O–H groups in total. The highest BCUT2D eigenvalue weighted by Crippen LogP contribution is 2.18. The lowest BCUT2D eigenvalue weighted by Gasteiger charge is -2.08. The van der Waals surface area contributed by atoms with E-state index in [2.05, 4.69) is 42.0 Å². The fourth-order valence-corrected chi connectivity index (χ4v) is 2.35. The van der Waals surface area contributed by atoms with Crippen LogP contribution in [0.1, 0.15) is 25.8 Å². The highest BCUT2D eigenvalue weighted by Gasteiger charge is 2.03. The van der Waals surface area contributed by atoms with E-state index < -0.39 is 0 Å². The first-order valence-corrected chi connectivity index (χ1v) is 7.12. The van der Waals surface area contributed by atoms with Crippen molar-refractivity contribution < 1.29 is 4.74 Å². The van der Waals surface area contributed by atoms with Crippen LogP contribution >= 0.6 is 0 Å². The summed E-state index contributed by atoms with van der Waals surface area (Å²) in [6.07, 6.45) is 4.14. The number of benzene rings is 1. The maximum atomic E-state index is 5.85. The van der Waals surface area contributed by atoms with Crippen LogP contribution in [0.15, 0.2) is 30.5 Å². The Balaban J connectivity index is 2.06. The van der Waals surface area contributed by atoms with Crippen LogP contribution in [0, 0.1) is 0 Å². The zero-order valence-corrected chi connectivity index (χ0v) is 11.9. The van der Waals surface area contributed by atoms with E-state index in [1.807, 2.05) is 6.92 Å². The van der Waals surface area contributed by atoms with E-state index in [9.17, 15) is 0 Å². The minimum Gasteiger partial charge on any atom is -0.380 e. The van der Waals surface area contributed by atoms with Crippen molar-refractivity contribution in [1.29, 1.82) is 0 Å². The van der Waals surface area contributed by atoms with Gasteiger partial charge in [0.2, 0.25) is 0 Å². The Kier molecular flexibility index (Phi) is 5.00. The number of aromatic nitrogens is 1. The number of rotatable bonds is 7. The largest absolute Gasteiger partial charge is 0.380 e. The van der Waals surface area contributed by atoms with E-state index in [1.165, 1.54) is 16.5 Å². The van der Waals surface area contributed by atoms with E-state index in [0.717, 1.165) is 32.6 Å². The second kappa shape index (κ2) is 6.73. The van der Waals surface area contributed by atoms with Gasteiger partial charge >= 0.3 is 0 Å². The summed E-state index contributed by atoms with van der Waals surface area (Å²) in [7, 11) is 0. The molecule has 0 aliphatic carbocycles. The van der Waals surface area contributed by atoms with Gasteiger partial charge in [-0.3, -0.25) is 0 Å². The average molecular weight is 260 g/mol. The zero-order valence-electron chi connectivity index (χ0n) is 11.9. The van der Waals surface area contributed by atoms with Gasteiger partial charge < -0.3 is 15.0 Å². The van der Waals surface area contributed by atoms with E-state index in [4.69, 9.17) is 10.5 Å². The predicted molar refractivity (Wildman–Crippen MR) is 80.4 cm³/mol. The van der Waals surface area contributed by atoms with Gasteiger partial charge in [-0.25, -0.2) is 0 Å². The van der Waals surface area contributed by atoms with Crippen molar-refractivity contribution in [2.24, 2.45) is 5.73 Å². The lowest BCUT2D eigenvalue weighted by atomic mass is 10.1. The molecule has 3 nitrogen and oxygen atoms in total. The van der Waals surface area contributed by atoms with Crippen molar-refractivity contribution >= 4 is 10.9 Å². The third kappa shape index (κ3) is 3.82. The summed E-state index contributed by atoms with van der Waals surface area (Å²) in [4.78, 5) is 0. The van der Waals surface area contributed by atoms with Gasteiger partial charge in [0.15, 0.2) is 0 Å². The van der Waals surface area contributed by atoms with Gasteiger partial charge in [0.1, 0.15) is 0 Å². The molecule has 0 bridgehead atoms. The molecule has 2 rings (SSSR count). The molecule has 0 fully saturated rings. The molecular formula is C16H24N2O. The first kappa shape index (κ1) is 14.1. The predicted octanol–water partition coefficient (Wildman–Crippen LogP) is 2.96. The Labute approximate surface area is 115 Å². The smallest absolute Gasteiger partial charge is 0.0645 e. The molecule has 1 aromatic carbocycles. The fraction of sp³-hybridized carbons (Fsp3) is 0.500. The highest BCUT2D eigenvalue weighted by molar-refractivity contribution is 5.80. The van der Waals surface area contributed by atoms with Crippen molar-refractivity contribution in [3.8, 4) is 0 Å². The van der Waals surface area contributed by atoms with Gasteiger partial charge in [-0.1, -0.05) is 13.0 Å². The molecule has 1 unspecified atom stereocenters. The zero-order chi connectivity index (χ0) is 13.7. The monoisotopic (exact) mass is 260 g/mol. The molecule has 0 amide bonds. The summed E-state index contributed by atoms with van der Waals surface area (Å²) >= 11 is 0. The molecular weight excluding hydrogens is 236 g/mol. The first-order chi connectivity index (χ1) is 9.20. The topological polar surface area (TPSA) is 40.2 Å². The molecule has 0 radical (unpaired) electrons. The van der Waals surface area contributed by atoms with Gasteiger partial charge in [0.05, 0.1) is 6.61 Å². The molecule has 0 spiro atoms. The average Bonchev–Trinajstić information content (AvgIpc) is 2.76. The summed E-state index contributed by atoms with van der Waals surface area (Å²) in [5, 5.41) is 1.29. The number of nitrogens with two attached hydrogens (primary N) is 1. The number of hydrogen-bond acceptors (Lipinski definition) is 2. The number of fused-ring (bicyclic) bond motifs is 1. The standard InChI is InChI=1S/C16H24N2O/c1-3-9-19-10-8-18-7-6-15-12-14(11-13(2)17)4-5-16(15)18/h4-7,12-13H,3,8-11,17H2,1-2H3. The van der Waals surface area contributed by atoms with E-state index in [1.54, 1.807) is 0 Å². The molecule has 1 atom stereocenters. The van der Waals surface area contributed by atoms with E-state index >= 15 is 0 Å². The SMILES string of the molecule is CCCOCCn1ccc2cc(CC(C)N)ccc21. The van der Waals surface area contributed by atoms with Crippen LogP contribution < -0.4 is 5.73 Å². The summed E-state index contributed by atoms with van der Waals surface area (Å²) in [5.41, 5.74) is 8.43. The summed E-state index contributed by atoms with van der Waals surface area (Å²) < 4.78 is 7.79. The lowest BCUT2D eigenvalue weighted by Crippen LogP contribution is -2.17.